The molecule has 0 aliphatic carbocycles. The molecule has 4 nitrogen and oxygen atoms in total. The monoisotopic (exact) mass is 414 g/mol. The van der Waals surface area contributed by atoms with Gasteiger partial charge >= 0.3 is 0 Å². The van der Waals surface area contributed by atoms with Crippen LogP contribution >= 0.6 is 23.4 Å². The van der Waals surface area contributed by atoms with Crippen LogP contribution in [0.1, 0.15) is 18.4 Å². The van der Waals surface area contributed by atoms with Crippen molar-refractivity contribution in [2.75, 3.05) is 18.9 Å². The summed E-state index contributed by atoms with van der Waals surface area (Å²) in [6.07, 6.45) is 4.43. The van der Waals surface area contributed by atoms with E-state index in [-0.39, 0.29) is 12.0 Å². The quantitative estimate of drug-likeness (QED) is 0.568. The van der Waals surface area contributed by atoms with E-state index in [0.29, 0.717) is 12.3 Å². The number of hydrogen-bond acceptors (Lipinski definition) is 3. The molecule has 0 bridgehead atoms. The van der Waals surface area contributed by atoms with Gasteiger partial charge in [-0.1, -0.05) is 41.9 Å². The zero-order valence-electron chi connectivity index (χ0n) is 15.6. The number of nitrogens with one attached hydrogen (secondary N) is 1. The fourth-order valence-electron chi connectivity index (χ4n) is 3.47. The predicted molar refractivity (Wildman–Crippen MR) is 115 cm³/mol. The number of hydrogen-bond donors (Lipinski definition) is 1. The highest BCUT2D eigenvalue weighted by molar-refractivity contribution is 8.00. The van der Waals surface area contributed by atoms with Gasteiger partial charge in [0.1, 0.15) is 0 Å². The molecule has 2 aromatic carbocycles. The van der Waals surface area contributed by atoms with E-state index in [2.05, 4.69) is 28.2 Å². The molecule has 1 aliphatic rings. The SMILES string of the molecule is O=C(CSc1cn(Cc2ccc(Cl)cc2)c2ccccc12)NCC1CCCO1. The Bertz CT molecular complexity index is 949. The van der Waals surface area contributed by atoms with E-state index in [0.717, 1.165) is 35.9 Å². The number of rotatable bonds is 7. The molecule has 4 rings (SSSR count). The first kappa shape index (κ1) is 19.4. The Labute approximate surface area is 174 Å². The fraction of sp³-hybridized carbons (Fsp3) is 0.318. The Balaban J connectivity index is 1.43. The van der Waals surface area contributed by atoms with E-state index in [4.69, 9.17) is 16.3 Å². The second-order valence-electron chi connectivity index (χ2n) is 6.99. The summed E-state index contributed by atoms with van der Waals surface area (Å²) >= 11 is 7.58. The second kappa shape index (κ2) is 9.03. The van der Waals surface area contributed by atoms with Gasteiger partial charge in [0.2, 0.25) is 5.91 Å². The van der Waals surface area contributed by atoms with Crippen LogP contribution in [0.25, 0.3) is 10.9 Å². The molecule has 1 fully saturated rings. The molecule has 1 atom stereocenters. The number of amides is 1. The Kier molecular flexibility index (Phi) is 6.25. The Morgan fingerprint density at radius 1 is 1.21 bits per heavy atom. The summed E-state index contributed by atoms with van der Waals surface area (Å²) in [5.74, 6) is 0.455. The highest BCUT2D eigenvalue weighted by atomic mass is 35.5. The molecule has 0 spiro atoms. The molecule has 1 aromatic heterocycles. The normalized spacial score (nSPS) is 16.5. The lowest BCUT2D eigenvalue weighted by atomic mass is 10.2. The van der Waals surface area contributed by atoms with Crippen molar-refractivity contribution in [3.8, 4) is 0 Å². The van der Waals surface area contributed by atoms with Crippen molar-refractivity contribution in [3.63, 3.8) is 0 Å². The van der Waals surface area contributed by atoms with Gasteiger partial charge in [-0.15, -0.1) is 11.8 Å². The predicted octanol–water partition coefficient (Wildman–Crippen LogP) is 4.73. The molecule has 28 heavy (non-hydrogen) atoms. The van der Waals surface area contributed by atoms with E-state index in [1.807, 2.05) is 36.4 Å². The maximum Gasteiger partial charge on any atom is 0.230 e. The molecule has 1 N–H and O–H groups in total. The minimum absolute atomic E-state index is 0.0510. The van der Waals surface area contributed by atoms with Crippen molar-refractivity contribution < 1.29 is 9.53 Å². The van der Waals surface area contributed by atoms with Gasteiger partial charge in [0.05, 0.1) is 11.9 Å². The molecule has 146 valence electrons. The molecule has 1 aliphatic heterocycles. The molecular formula is C22H23ClN2O2S. The van der Waals surface area contributed by atoms with Crippen LogP contribution < -0.4 is 5.32 Å². The van der Waals surface area contributed by atoms with Crippen LogP contribution in [0.4, 0.5) is 0 Å². The van der Waals surface area contributed by atoms with Gasteiger partial charge in [-0.3, -0.25) is 4.79 Å². The standard InChI is InChI=1S/C22H23ClN2O2S/c23-17-9-7-16(8-10-17)13-25-14-21(19-5-1-2-6-20(19)25)28-15-22(26)24-12-18-4-3-11-27-18/h1-2,5-10,14,18H,3-4,11-13,15H2,(H,24,26). The highest BCUT2D eigenvalue weighted by Gasteiger charge is 2.16. The average molecular weight is 415 g/mol. The van der Waals surface area contributed by atoms with Gasteiger partial charge in [0.25, 0.3) is 0 Å². The van der Waals surface area contributed by atoms with Crippen molar-refractivity contribution in [1.29, 1.82) is 0 Å². The molecule has 1 saturated heterocycles. The van der Waals surface area contributed by atoms with Gasteiger partial charge in [-0.2, -0.15) is 0 Å². The third-order valence-corrected chi connectivity index (χ3v) is 6.22. The lowest BCUT2D eigenvalue weighted by molar-refractivity contribution is -0.119. The van der Waals surface area contributed by atoms with Crippen molar-refractivity contribution >= 4 is 40.2 Å². The van der Waals surface area contributed by atoms with Gasteiger partial charge < -0.3 is 14.6 Å². The summed E-state index contributed by atoms with van der Waals surface area (Å²) in [7, 11) is 0. The lowest BCUT2D eigenvalue weighted by Crippen LogP contribution is -2.32. The molecule has 0 saturated carbocycles. The smallest absolute Gasteiger partial charge is 0.230 e. The summed E-state index contributed by atoms with van der Waals surface area (Å²) in [4.78, 5) is 13.4. The second-order valence-corrected chi connectivity index (χ2v) is 8.45. The van der Waals surface area contributed by atoms with Crippen LogP contribution in [0.3, 0.4) is 0 Å². The molecule has 1 amide bonds. The van der Waals surface area contributed by atoms with Crippen molar-refractivity contribution in [2.24, 2.45) is 0 Å². The van der Waals surface area contributed by atoms with Crippen LogP contribution in [0.15, 0.2) is 59.6 Å². The van der Waals surface area contributed by atoms with E-state index >= 15 is 0 Å². The van der Waals surface area contributed by atoms with Crippen molar-refractivity contribution in [2.45, 2.75) is 30.4 Å². The summed E-state index contributed by atoms with van der Waals surface area (Å²) < 4.78 is 7.79. The zero-order valence-corrected chi connectivity index (χ0v) is 17.1. The van der Waals surface area contributed by atoms with E-state index in [1.54, 1.807) is 11.8 Å². The average Bonchev–Trinajstić information content (AvgIpc) is 3.35. The summed E-state index contributed by atoms with van der Waals surface area (Å²) in [6.45, 7) is 2.18. The number of carbonyl (C=O) groups is 1. The third kappa shape index (κ3) is 4.72. The van der Waals surface area contributed by atoms with Crippen LogP contribution in [-0.4, -0.2) is 35.5 Å². The van der Waals surface area contributed by atoms with Gasteiger partial charge in [-0.05, 0) is 36.6 Å². The first-order chi connectivity index (χ1) is 13.7. The number of benzene rings is 2. The van der Waals surface area contributed by atoms with Gasteiger partial charge in [0, 0.05) is 46.7 Å². The van der Waals surface area contributed by atoms with Crippen molar-refractivity contribution in [3.05, 3.63) is 65.3 Å². The molecular weight excluding hydrogens is 392 g/mol. The molecule has 3 aromatic rings. The van der Waals surface area contributed by atoms with Crippen LogP contribution in [0, 0.1) is 0 Å². The fourth-order valence-corrected chi connectivity index (χ4v) is 4.52. The van der Waals surface area contributed by atoms with Crippen LogP contribution in [0.5, 0.6) is 0 Å². The Hall–Kier alpha value is -1.95. The maximum atomic E-state index is 12.2. The van der Waals surface area contributed by atoms with E-state index in [1.165, 1.54) is 16.5 Å². The minimum Gasteiger partial charge on any atom is -0.376 e. The zero-order chi connectivity index (χ0) is 19.3. The molecule has 6 heteroatoms. The lowest BCUT2D eigenvalue weighted by Gasteiger charge is -2.10. The number of nitrogens with zero attached hydrogens (tertiary/aromatic N) is 1. The molecule has 1 unspecified atom stereocenters. The van der Waals surface area contributed by atoms with Crippen LogP contribution in [-0.2, 0) is 16.1 Å². The minimum atomic E-state index is 0.0510. The van der Waals surface area contributed by atoms with Crippen LogP contribution in [0.2, 0.25) is 5.02 Å². The summed E-state index contributed by atoms with van der Waals surface area (Å²) in [5.41, 5.74) is 2.36. The Morgan fingerprint density at radius 2 is 2.04 bits per heavy atom. The number of ether oxygens (including phenoxy) is 1. The summed E-state index contributed by atoms with van der Waals surface area (Å²) in [5, 5.41) is 4.91. The molecule has 2 heterocycles. The third-order valence-electron chi connectivity index (χ3n) is 4.93. The Morgan fingerprint density at radius 3 is 2.82 bits per heavy atom. The van der Waals surface area contributed by atoms with Crippen molar-refractivity contribution in [1.82, 2.24) is 9.88 Å². The molecule has 0 radical (unpaired) electrons. The number of para-hydroxylation sites is 1. The highest BCUT2D eigenvalue weighted by Crippen LogP contribution is 2.30. The summed E-state index contributed by atoms with van der Waals surface area (Å²) in [6, 6.07) is 16.2. The first-order valence-corrected chi connectivity index (χ1v) is 10.9. The van der Waals surface area contributed by atoms with E-state index < -0.39 is 0 Å². The number of carbonyl (C=O) groups excluding carboxylic acids is 1. The topological polar surface area (TPSA) is 43.3 Å². The number of aromatic nitrogens is 1. The first-order valence-electron chi connectivity index (χ1n) is 9.52. The van der Waals surface area contributed by atoms with Gasteiger partial charge in [-0.25, -0.2) is 0 Å². The number of halogens is 1. The maximum absolute atomic E-state index is 12.2. The number of fused-ring (bicyclic) bond motifs is 1. The largest absolute Gasteiger partial charge is 0.376 e. The number of thioether (sulfide) groups is 1. The van der Waals surface area contributed by atoms with E-state index in [9.17, 15) is 4.79 Å². The van der Waals surface area contributed by atoms with Gasteiger partial charge in [0.15, 0.2) is 0 Å².